The quantitative estimate of drug-likeness (QED) is 0.438. The van der Waals surface area contributed by atoms with Crippen LogP contribution in [0.5, 0.6) is 0 Å². The summed E-state index contributed by atoms with van der Waals surface area (Å²) in [6, 6.07) is 5.96. The predicted octanol–water partition coefficient (Wildman–Crippen LogP) is -2.22. The van der Waals surface area contributed by atoms with Crippen LogP contribution in [0, 0.1) is 0 Å². The van der Waals surface area contributed by atoms with Gasteiger partial charge in [0.2, 0.25) is 0 Å². The van der Waals surface area contributed by atoms with Crippen molar-refractivity contribution >= 4 is 33.2 Å². The molecule has 0 bridgehead atoms. The molecule has 0 aromatic heterocycles. The molecule has 0 saturated carbocycles. The number of rotatable bonds is 2. The summed E-state index contributed by atoms with van der Waals surface area (Å²) in [5, 5.41) is 0. The Hall–Kier alpha value is 0.186. The van der Waals surface area contributed by atoms with Crippen molar-refractivity contribution in [2.24, 2.45) is 0 Å². The van der Waals surface area contributed by atoms with E-state index in [-0.39, 0.29) is 40.4 Å². The van der Waals surface area contributed by atoms with E-state index in [2.05, 4.69) is 0 Å². The first-order valence-electron chi connectivity index (χ1n) is 3.59. The van der Waals surface area contributed by atoms with E-state index < -0.39 is 10.1 Å². The first kappa shape index (κ1) is 16.6. The second-order valence-electron chi connectivity index (χ2n) is 2.45. The van der Waals surface area contributed by atoms with E-state index in [1.165, 1.54) is 12.1 Å². The van der Waals surface area contributed by atoms with Gasteiger partial charge in [0.1, 0.15) is 10.1 Å². The van der Waals surface area contributed by atoms with Crippen LogP contribution in [0.1, 0.15) is 12.5 Å². The van der Waals surface area contributed by atoms with E-state index in [1.807, 2.05) is 6.92 Å². The van der Waals surface area contributed by atoms with E-state index in [9.17, 15) is 13.0 Å². The summed E-state index contributed by atoms with van der Waals surface area (Å²) in [6.07, 6.45) is 0.833. The van der Waals surface area contributed by atoms with Gasteiger partial charge < -0.3 is 17.0 Å². The maximum absolute atomic E-state index is 10.5. The van der Waals surface area contributed by atoms with Crippen LogP contribution >= 0.6 is 0 Å². The van der Waals surface area contributed by atoms with Gasteiger partial charge in [-0.25, -0.2) is 8.42 Å². The molecule has 3 nitrogen and oxygen atoms in total. The fourth-order valence-corrected chi connectivity index (χ4v) is 1.36. The summed E-state index contributed by atoms with van der Waals surface area (Å²) in [6.45, 7) is 1.96. The molecule has 0 radical (unpaired) electrons. The molecular formula is C8H9ClMgO3S. The molecule has 0 heterocycles. The molecule has 0 spiro atoms. The van der Waals surface area contributed by atoms with E-state index >= 15 is 0 Å². The van der Waals surface area contributed by atoms with Gasteiger partial charge in [0.15, 0.2) is 0 Å². The molecular weight excluding hydrogens is 236 g/mol. The minimum atomic E-state index is -4.28. The van der Waals surface area contributed by atoms with Gasteiger partial charge in [-0.2, -0.15) is 0 Å². The zero-order valence-electron chi connectivity index (χ0n) is 7.73. The van der Waals surface area contributed by atoms with Crippen LogP contribution in [0.2, 0.25) is 0 Å². The maximum atomic E-state index is 10.5. The van der Waals surface area contributed by atoms with Gasteiger partial charge in [-0.3, -0.25) is 0 Å². The van der Waals surface area contributed by atoms with Crippen molar-refractivity contribution in [3.05, 3.63) is 29.8 Å². The minimum absolute atomic E-state index is 0. The molecule has 0 atom stereocenters. The second-order valence-corrected chi connectivity index (χ2v) is 3.83. The number of hydrogen-bond acceptors (Lipinski definition) is 3. The molecule has 1 rings (SSSR count). The zero-order chi connectivity index (χ0) is 9.19. The van der Waals surface area contributed by atoms with E-state index in [0.717, 1.165) is 12.0 Å². The normalized spacial score (nSPS) is 9.86. The van der Waals surface area contributed by atoms with Crippen molar-refractivity contribution in [1.82, 2.24) is 0 Å². The SMILES string of the molecule is CCc1ccc(S(=O)(=O)[O-])cc1.[Cl-].[Mg+2]. The van der Waals surface area contributed by atoms with E-state index in [4.69, 9.17) is 0 Å². The first-order valence-corrected chi connectivity index (χ1v) is 4.99. The zero-order valence-corrected chi connectivity index (χ0v) is 10.7. The molecule has 14 heavy (non-hydrogen) atoms. The molecule has 0 unspecified atom stereocenters. The topological polar surface area (TPSA) is 57.2 Å². The van der Waals surface area contributed by atoms with Crippen molar-refractivity contribution in [2.45, 2.75) is 18.2 Å². The maximum Gasteiger partial charge on any atom is 2.00 e. The number of halogens is 1. The van der Waals surface area contributed by atoms with Gasteiger partial charge in [-0.15, -0.1) is 0 Å². The van der Waals surface area contributed by atoms with Crippen LogP contribution in [-0.4, -0.2) is 36.0 Å². The third-order valence-corrected chi connectivity index (χ3v) is 2.47. The fraction of sp³-hybridized carbons (Fsp3) is 0.250. The van der Waals surface area contributed by atoms with Crippen LogP contribution in [0.3, 0.4) is 0 Å². The van der Waals surface area contributed by atoms with Crippen molar-refractivity contribution in [3.8, 4) is 0 Å². The number of aryl methyl sites for hydroxylation is 1. The van der Waals surface area contributed by atoms with Gasteiger partial charge in [-0.05, 0) is 24.1 Å². The molecule has 1 aromatic carbocycles. The van der Waals surface area contributed by atoms with Crippen LogP contribution in [0.25, 0.3) is 0 Å². The first-order chi connectivity index (χ1) is 5.54. The molecule has 0 aliphatic rings. The Morgan fingerprint density at radius 1 is 1.21 bits per heavy atom. The number of hydrogen-bond donors (Lipinski definition) is 0. The van der Waals surface area contributed by atoms with Crippen molar-refractivity contribution < 1.29 is 25.4 Å². The Morgan fingerprint density at radius 3 is 1.93 bits per heavy atom. The Kier molecular flexibility index (Phi) is 7.87. The second kappa shape index (κ2) is 6.63. The van der Waals surface area contributed by atoms with Gasteiger partial charge in [0, 0.05) is 0 Å². The Labute approximate surface area is 106 Å². The Bertz CT molecular complexity index is 361. The Balaban J connectivity index is 0. The largest absolute Gasteiger partial charge is 2.00 e. The third-order valence-electron chi connectivity index (χ3n) is 1.62. The molecule has 6 heteroatoms. The van der Waals surface area contributed by atoms with Crippen LogP contribution in [-0.2, 0) is 16.5 Å². The monoisotopic (exact) mass is 244 g/mol. The van der Waals surface area contributed by atoms with E-state index in [1.54, 1.807) is 12.1 Å². The summed E-state index contributed by atoms with van der Waals surface area (Å²) in [5.41, 5.74) is 1.02. The number of benzene rings is 1. The average molecular weight is 245 g/mol. The third kappa shape index (κ3) is 4.61. The Morgan fingerprint density at radius 2 is 1.64 bits per heavy atom. The van der Waals surface area contributed by atoms with Crippen LogP contribution in [0.4, 0.5) is 0 Å². The van der Waals surface area contributed by atoms with Crippen molar-refractivity contribution in [2.75, 3.05) is 0 Å². The predicted molar refractivity (Wildman–Crippen MR) is 49.5 cm³/mol. The molecule has 0 aliphatic heterocycles. The summed E-state index contributed by atoms with van der Waals surface area (Å²) in [7, 11) is -4.28. The van der Waals surface area contributed by atoms with Crippen molar-refractivity contribution in [3.63, 3.8) is 0 Å². The standard InChI is InChI=1S/C8H10O3S.ClH.Mg/c1-2-7-3-5-8(6-4-7)12(9,10)11;;/h3-6H,2H2,1H3,(H,9,10,11);1H;/q;;+2/p-2. The van der Waals surface area contributed by atoms with Crippen molar-refractivity contribution in [1.29, 1.82) is 0 Å². The smallest absolute Gasteiger partial charge is 1.00 e. The van der Waals surface area contributed by atoms with E-state index in [0.29, 0.717) is 0 Å². The summed E-state index contributed by atoms with van der Waals surface area (Å²) < 4.78 is 31.4. The van der Waals surface area contributed by atoms with Gasteiger partial charge in [0.05, 0.1) is 4.90 Å². The minimum Gasteiger partial charge on any atom is -1.00 e. The van der Waals surface area contributed by atoms with Crippen LogP contribution < -0.4 is 12.4 Å². The summed E-state index contributed by atoms with van der Waals surface area (Å²) >= 11 is 0. The average Bonchev–Trinajstić information content (AvgIpc) is 2.03. The van der Waals surface area contributed by atoms with Gasteiger partial charge >= 0.3 is 23.1 Å². The molecule has 1 aromatic rings. The van der Waals surface area contributed by atoms with Crippen LogP contribution in [0.15, 0.2) is 29.2 Å². The summed E-state index contributed by atoms with van der Waals surface area (Å²) in [5.74, 6) is 0. The van der Waals surface area contributed by atoms with Gasteiger partial charge in [-0.1, -0.05) is 19.1 Å². The summed E-state index contributed by atoms with van der Waals surface area (Å²) in [4.78, 5) is -0.167. The molecule has 74 valence electrons. The fourth-order valence-electron chi connectivity index (χ4n) is 0.892. The molecule has 0 aliphatic carbocycles. The molecule has 0 saturated heterocycles. The molecule has 0 amide bonds. The molecule has 0 fully saturated rings. The molecule has 0 N–H and O–H groups in total. The van der Waals surface area contributed by atoms with Gasteiger partial charge in [0.25, 0.3) is 0 Å².